The van der Waals surface area contributed by atoms with Gasteiger partial charge in [0.1, 0.15) is 0 Å². The van der Waals surface area contributed by atoms with Crippen LogP contribution in [0.25, 0.3) is 0 Å². The predicted octanol–water partition coefficient (Wildman–Crippen LogP) is 0.119. The minimum absolute atomic E-state index is 0.106. The summed E-state index contributed by atoms with van der Waals surface area (Å²) in [5.41, 5.74) is 0.507. The zero-order valence-electron chi connectivity index (χ0n) is 6.49. The SMILES string of the molecule is CBc1ncccc1S(=O)(=O)Cl. The maximum atomic E-state index is 10.9. The molecule has 0 aliphatic rings. The summed E-state index contributed by atoms with van der Waals surface area (Å²) in [5.74, 6) is 0. The van der Waals surface area contributed by atoms with E-state index < -0.39 is 9.05 Å². The van der Waals surface area contributed by atoms with Crippen molar-refractivity contribution in [2.45, 2.75) is 11.7 Å². The van der Waals surface area contributed by atoms with Gasteiger partial charge in [-0.05, 0) is 12.1 Å². The molecule has 0 saturated carbocycles. The molecule has 0 fully saturated rings. The summed E-state index contributed by atoms with van der Waals surface area (Å²) in [5, 5.41) is 0. The molecule has 0 bridgehead atoms. The van der Waals surface area contributed by atoms with Crippen LogP contribution in [-0.2, 0) is 9.05 Å². The molecule has 0 saturated heterocycles. The first-order chi connectivity index (χ1) is 5.55. The van der Waals surface area contributed by atoms with Crippen molar-refractivity contribution in [1.82, 2.24) is 4.98 Å². The molecule has 1 aromatic rings. The quantitative estimate of drug-likeness (QED) is 0.507. The molecular weight excluding hydrogens is 196 g/mol. The second-order valence-electron chi connectivity index (χ2n) is 2.24. The van der Waals surface area contributed by atoms with Crippen molar-refractivity contribution in [2.75, 3.05) is 0 Å². The second-order valence-corrected chi connectivity index (χ2v) is 4.77. The standard InChI is InChI=1S/C6H7BClNO2S/c1-7-6-5(12(8,10)11)3-2-4-9-6/h2-4,7H,1H3. The Morgan fingerprint density at radius 1 is 1.58 bits per heavy atom. The van der Waals surface area contributed by atoms with Crippen molar-refractivity contribution in [1.29, 1.82) is 0 Å². The Labute approximate surface area is 76.4 Å². The second kappa shape index (κ2) is 3.45. The molecule has 3 nitrogen and oxygen atoms in total. The summed E-state index contributed by atoms with van der Waals surface area (Å²) < 4.78 is 21.9. The van der Waals surface area contributed by atoms with Crippen LogP contribution in [0.3, 0.4) is 0 Å². The first-order valence-electron chi connectivity index (χ1n) is 3.44. The molecule has 12 heavy (non-hydrogen) atoms. The fourth-order valence-electron chi connectivity index (χ4n) is 0.911. The molecule has 0 unspecified atom stereocenters. The minimum atomic E-state index is -3.64. The topological polar surface area (TPSA) is 47.0 Å². The van der Waals surface area contributed by atoms with Gasteiger partial charge in [0.05, 0.1) is 4.90 Å². The Balaban J connectivity index is 3.33. The molecule has 0 aliphatic heterocycles. The van der Waals surface area contributed by atoms with Gasteiger partial charge in [-0.2, -0.15) is 0 Å². The van der Waals surface area contributed by atoms with Crippen LogP contribution in [0, 0.1) is 0 Å². The van der Waals surface area contributed by atoms with Crippen LogP contribution in [0.4, 0.5) is 0 Å². The van der Waals surface area contributed by atoms with Crippen molar-refractivity contribution in [3.8, 4) is 0 Å². The lowest BCUT2D eigenvalue weighted by Crippen LogP contribution is -2.21. The highest BCUT2D eigenvalue weighted by molar-refractivity contribution is 8.13. The largest absolute Gasteiger partial charge is 0.270 e. The van der Waals surface area contributed by atoms with E-state index in [1.165, 1.54) is 6.07 Å². The van der Waals surface area contributed by atoms with Gasteiger partial charge in [-0.3, -0.25) is 4.98 Å². The number of nitrogens with zero attached hydrogens (tertiary/aromatic N) is 1. The van der Waals surface area contributed by atoms with E-state index >= 15 is 0 Å². The van der Waals surface area contributed by atoms with Crippen molar-refractivity contribution in [2.24, 2.45) is 0 Å². The summed E-state index contributed by atoms with van der Waals surface area (Å²) in [7, 11) is 2.10. The van der Waals surface area contributed by atoms with Crippen LogP contribution < -0.4 is 5.59 Å². The van der Waals surface area contributed by atoms with E-state index in [0.717, 1.165) is 0 Å². The fraction of sp³-hybridized carbons (Fsp3) is 0.167. The maximum Gasteiger partial charge on any atom is 0.262 e. The Hall–Kier alpha value is -0.545. The van der Waals surface area contributed by atoms with E-state index in [-0.39, 0.29) is 4.90 Å². The molecule has 0 atom stereocenters. The number of pyridine rings is 1. The molecule has 1 aromatic heterocycles. The van der Waals surface area contributed by atoms with Crippen molar-refractivity contribution in [3.05, 3.63) is 18.3 Å². The average Bonchev–Trinajstić information content (AvgIpc) is 2.03. The highest BCUT2D eigenvalue weighted by Crippen LogP contribution is 2.09. The first-order valence-corrected chi connectivity index (χ1v) is 5.75. The summed E-state index contributed by atoms with van der Waals surface area (Å²) in [4.78, 5) is 4.01. The number of hydrogen-bond donors (Lipinski definition) is 0. The molecule has 1 rings (SSSR count). The minimum Gasteiger partial charge on any atom is -0.270 e. The van der Waals surface area contributed by atoms with Gasteiger partial charge < -0.3 is 0 Å². The van der Waals surface area contributed by atoms with Gasteiger partial charge in [0, 0.05) is 22.5 Å². The van der Waals surface area contributed by atoms with Crippen LogP contribution in [0.15, 0.2) is 23.2 Å². The van der Waals surface area contributed by atoms with E-state index in [4.69, 9.17) is 10.7 Å². The molecule has 64 valence electrons. The highest BCUT2D eigenvalue weighted by atomic mass is 35.7. The number of hydrogen-bond acceptors (Lipinski definition) is 3. The molecule has 1 heterocycles. The van der Waals surface area contributed by atoms with E-state index in [1.54, 1.807) is 12.3 Å². The highest BCUT2D eigenvalue weighted by Gasteiger charge is 2.14. The average molecular weight is 203 g/mol. The molecule has 0 aliphatic carbocycles. The maximum absolute atomic E-state index is 10.9. The van der Waals surface area contributed by atoms with E-state index in [9.17, 15) is 8.42 Å². The zero-order valence-corrected chi connectivity index (χ0v) is 8.06. The third kappa shape index (κ3) is 1.98. The van der Waals surface area contributed by atoms with Gasteiger partial charge in [0.2, 0.25) is 0 Å². The third-order valence-electron chi connectivity index (χ3n) is 1.45. The lowest BCUT2D eigenvalue weighted by atomic mass is 9.77. The summed E-state index contributed by atoms with van der Waals surface area (Å²) in [6, 6.07) is 3.00. The lowest BCUT2D eigenvalue weighted by molar-refractivity contribution is 0.610. The number of aromatic nitrogens is 1. The normalized spacial score (nSPS) is 11.2. The molecule has 0 N–H and O–H groups in total. The summed E-state index contributed by atoms with van der Waals surface area (Å²) in [6.07, 6.45) is 1.55. The third-order valence-corrected chi connectivity index (χ3v) is 2.84. The van der Waals surface area contributed by atoms with Crippen molar-refractivity contribution in [3.63, 3.8) is 0 Å². The van der Waals surface area contributed by atoms with Crippen LogP contribution in [0.1, 0.15) is 0 Å². The van der Waals surface area contributed by atoms with Gasteiger partial charge in [-0.25, -0.2) is 8.42 Å². The first kappa shape index (κ1) is 9.54. The van der Waals surface area contributed by atoms with Gasteiger partial charge in [0.15, 0.2) is 7.28 Å². The predicted molar refractivity (Wildman–Crippen MR) is 49.9 cm³/mol. The summed E-state index contributed by atoms with van der Waals surface area (Å²) in [6.45, 7) is 1.83. The van der Waals surface area contributed by atoms with Gasteiger partial charge in [-0.1, -0.05) is 6.82 Å². The van der Waals surface area contributed by atoms with Crippen LogP contribution in [-0.4, -0.2) is 20.7 Å². The fourth-order valence-corrected chi connectivity index (χ4v) is 2.05. The zero-order chi connectivity index (χ0) is 9.19. The van der Waals surface area contributed by atoms with Crippen LogP contribution >= 0.6 is 10.7 Å². The molecule has 0 amide bonds. The van der Waals surface area contributed by atoms with Gasteiger partial charge in [-0.15, -0.1) is 0 Å². The molecular formula is C6H7BClNO2S. The molecule has 0 spiro atoms. The number of halogens is 1. The molecule has 0 aromatic carbocycles. The molecule has 0 radical (unpaired) electrons. The van der Waals surface area contributed by atoms with Crippen LogP contribution in [0.2, 0.25) is 6.82 Å². The Morgan fingerprint density at radius 2 is 2.25 bits per heavy atom. The monoisotopic (exact) mass is 203 g/mol. The van der Waals surface area contributed by atoms with Crippen molar-refractivity contribution >= 4 is 32.6 Å². The van der Waals surface area contributed by atoms with Crippen molar-refractivity contribution < 1.29 is 8.42 Å². The smallest absolute Gasteiger partial charge is 0.262 e. The van der Waals surface area contributed by atoms with Gasteiger partial charge in [0.25, 0.3) is 9.05 Å². The van der Waals surface area contributed by atoms with E-state index in [1.807, 2.05) is 6.82 Å². The Bertz CT molecular complexity index is 379. The Kier molecular flexibility index (Phi) is 2.74. The lowest BCUT2D eigenvalue weighted by Gasteiger charge is -2.00. The molecule has 6 heteroatoms. The van der Waals surface area contributed by atoms with E-state index in [2.05, 4.69) is 4.98 Å². The van der Waals surface area contributed by atoms with Crippen LogP contribution in [0.5, 0.6) is 0 Å². The Morgan fingerprint density at radius 3 is 2.67 bits per heavy atom. The number of rotatable bonds is 2. The van der Waals surface area contributed by atoms with Gasteiger partial charge >= 0.3 is 0 Å². The summed E-state index contributed by atoms with van der Waals surface area (Å²) >= 11 is 0. The van der Waals surface area contributed by atoms with E-state index in [0.29, 0.717) is 12.9 Å².